The van der Waals surface area contributed by atoms with Gasteiger partial charge < -0.3 is 15.7 Å². The Morgan fingerprint density at radius 2 is 1.89 bits per heavy atom. The maximum absolute atomic E-state index is 11.4. The van der Waals surface area contributed by atoms with Crippen molar-refractivity contribution < 1.29 is 23.1 Å². The van der Waals surface area contributed by atoms with Crippen LogP contribution in [0.4, 0.5) is 4.79 Å². The van der Waals surface area contributed by atoms with Crippen LogP contribution in [0, 0.1) is 5.92 Å². The summed E-state index contributed by atoms with van der Waals surface area (Å²) in [7, 11) is -3.14. The van der Waals surface area contributed by atoms with Gasteiger partial charge >= 0.3 is 12.0 Å². The summed E-state index contributed by atoms with van der Waals surface area (Å²) in [6.07, 6.45) is 1.67. The van der Waals surface area contributed by atoms with E-state index in [1.54, 1.807) is 6.92 Å². The molecule has 0 fully saturated rings. The van der Waals surface area contributed by atoms with Crippen LogP contribution in [-0.4, -0.2) is 50.1 Å². The van der Waals surface area contributed by atoms with Crippen LogP contribution < -0.4 is 10.6 Å². The van der Waals surface area contributed by atoms with E-state index in [1.807, 2.05) is 6.92 Å². The topological polar surface area (TPSA) is 113 Å². The molecule has 8 heteroatoms. The zero-order chi connectivity index (χ0) is 14.3. The molecule has 7 nitrogen and oxygen atoms in total. The van der Waals surface area contributed by atoms with E-state index in [1.165, 1.54) is 0 Å². The maximum Gasteiger partial charge on any atom is 0.326 e. The van der Waals surface area contributed by atoms with Crippen molar-refractivity contribution in [1.29, 1.82) is 0 Å². The van der Waals surface area contributed by atoms with Crippen LogP contribution in [0.2, 0.25) is 0 Å². The van der Waals surface area contributed by atoms with Gasteiger partial charge in [-0.05, 0) is 5.92 Å². The Hall–Kier alpha value is -1.31. The van der Waals surface area contributed by atoms with Crippen molar-refractivity contribution in [3.8, 4) is 0 Å². The van der Waals surface area contributed by atoms with E-state index in [9.17, 15) is 18.0 Å². The molecular formula is C10H20N2O5S. The van der Waals surface area contributed by atoms with Crippen LogP contribution in [0.5, 0.6) is 0 Å². The first-order valence-corrected chi connectivity index (χ1v) is 7.68. The van der Waals surface area contributed by atoms with Gasteiger partial charge in [0.2, 0.25) is 0 Å². The van der Waals surface area contributed by atoms with Gasteiger partial charge in [0, 0.05) is 12.8 Å². The number of carboxylic acids is 1. The first-order chi connectivity index (χ1) is 8.17. The monoisotopic (exact) mass is 280 g/mol. The molecule has 0 aliphatic rings. The quantitative estimate of drug-likeness (QED) is 0.599. The molecule has 0 aromatic carbocycles. The molecule has 0 aliphatic carbocycles. The highest BCUT2D eigenvalue weighted by Gasteiger charge is 2.25. The van der Waals surface area contributed by atoms with E-state index >= 15 is 0 Å². The van der Waals surface area contributed by atoms with Gasteiger partial charge in [-0.15, -0.1) is 0 Å². The summed E-state index contributed by atoms with van der Waals surface area (Å²) in [5.41, 5.74) is 0. The second-order valence-corrected chi connectivity index (χ2v) is 6.49. The van der Waals surface area contributed by atoms with Gasteiger partial charge in [-0.3, -0.25) is 0 Å². The fraction of sp³-hybridized carbons (Fsp3) is 0.800. The standard InChI is InChI=1S/C10H20N2O5S/c1-4-7(2)8(9(13)14)12-10(15)11-5-6-18(3,16)17/h7-8H,4-6H2,1-3H3,(H,13,14)(H2,11,12,15). The molecule has 0 bridgehead atoms. The summed E-state index contributed by atoms with van der Waals surface area (Å²) in [6, 6.07) is -1.65. The van der Waals surface area contributed by atoms with Crippen LogP contribution in [0.3, 0.4) is 0 Å². The Bertz CT molecular complexity index is 393. The number of hydrogen-bond acceptors (Lipinski definition) is 4. The third kappa shape index (κ3) is 7.10. The van der Waals surface area contributed by atoms with Crippen LogP contribution in [0.25, 0.3) is 0 Å². The third-order valence-electron chi connectivity index (χ3n) is 2.52. The molecule has 2 amide bonds. The van der Waals surface area contributed by atoms with Gasteiger partial charge in [-0.25, -0.2) is 18.0 Å². The van der Waals surface area contributed by atoms with Crippen LogP contribution >= 0.6 is 0 Å². The Labute approximate surface area is 107 Å². The lowest BCUT2D eigenvalue weighted by Crippen LogP contribution is -2.49. The average Bonchev–Trinajstić information content (AvgIpc) is 2.22. The van der Waals surface area contributed by atoms with E-state index in [0.717, 1.165) is 6.26 Å². The molecular weight excluding hydrogens is 260 g/mol. The van der Waals surface area contributed by atoms with Crippen molar-refractivity contribution in [1.82, 2.24) is 10.6 Å². The van der Waals surface area contributed by atoms with E-state index in [4.69, 9.17) is 5.11 Å². The molecule has 2 unspecified atom stereocenters. The molecule has 0 heterocycles. The first kappa shape index (κ1) is 16.7. The molecule has 0 rings (SSSR count). The molecule has 0 saturated heterocycles. The number of rotatable bonds is 7. The lowest BCUT2D eigenvalue weighted by atomic mass is 9.99. The van der Waals surface area contributed by atoms with Gasteiger partial charge in [0.15, 0.2) is 0 Å². The van der Waals surface area contributed by atoms with E-state index in [0.29, 0.717) is 6.42 Å². The van der Waals surface area contributed by atoms with Crippen molar-refractivity contribution in [2.75, 3.05) is 18.6 Å². The molecule has 3 N–H and O–H groups in total. The molecule has 0 aliphatic heterocycles. The van der Waals surface area contributed by atoms with Crippen molar-refractivity contribution in [2.24, 2.45) is 5.92 Å². The Balaban J connectivity index is 4.23. The second kappa shape index (κ2) is 7.20. The fourth-order valence-corrected chi connectivity index (χ4v) is 1.70. The molecule has 0 aromatic heterocycles. The zero-order valence-electron chi connectivity index (χ0n) is 10.8. The highest BCUT2D eigenvalue weighted by molar-refractivity contribution is 7.90. The minimum Gasteiger partial charge on any atom is -0.480 e. The highest BCUT2D eigenvalue weighted by Crippen LogP contribution is 2.07. The summed E-state index contributed by atoms with van der Waals surface area (Å²) in [5, 5.41) is 13.6. The predicted molar refractivity (Wildman–Crippen MR) is 67.1 cm³/mol. The number of nitrogens with one attached hydrogen (secondary N) is 2. The fourth-order valence-electron chi connectivity index (χ4n) is 1.23. The van der Waals surface area contributed by atoms with Gasteiger partial charge in [-0.2, -0.15) is 0 Å². The zero-order valence-corrected chi connectivity index (χ0v) is 11.6. The summed E-state index contributed by atoms with van der Waals surface area (Å²) < 4.78 is 21.7. The molecule has 0 saturated carbocycles. The number of carboxylic acid groups (broad SMARTS) is 1. The molecule has 0 aromatic rings. The molecule has 0 spiro atoms. The minimum atomic E-state index is -3.14. The molecule has 2 atom stereocenters. The lowest BCUT2D eigenvalue weighted by molar-refractivity contribution is -0.140. The van der Waals surface area contributed by atoms with Gasteiger partial charge in [0.05, 0.1) is 5.75 Å². The summed E-state index contributed by atoms with van der Waals surface area (Å²) in [4.78, 5) is 22.3. The average molecular weight is 280 g/mol. The van der Waals surface area contributed by atoms with Gasteiger partial charge in [0.1, 0.15) is 15.9 Å². The maximum atomic E-state index is 11.4. The number of carbonyl (C=O) groups excluding carboxylic acids is 1. The van der Waals surface area contributed by atoms with Crippen molar-refractivity contribution >= 4 is 21.8 Å². The lowest BCUT2D eigenvalue weighted by Gasteiger charge is -2.20. The van der Waals surface area contributed by atoms with E-state index in [2.05, 4.69) is 10.6 Å². The van der Waals surface area contributed by atoms with Crippen LogP contribution in [0.1, 0.15) is 20.3 Å². The Morgan fingerprint density at radius 1 is 1.33 bits per heavy atom. The van der Waals surface area contributed by atoms with Crippen LogP contribution in [-0.2, 0) is 14.6 Å². The minimum absolute atomic E-state index is 0.0441. The summed E-state index contributed by atoms with van der Waals surface area (Å²) in [5.74, 6) is -1.49. The number of carbonyl (C=O) groups is 2. The SMILES string of the molecule is CCC(C)C(NC(=O)NCCS(C)(=O)=O)C(=O)O. The predicted octanol–water partition coefficient (Wildman–Crippen LogP) is -0.170. The summed E-state index contributed by atoms with van der Waals surface area (Å²) in [6.45, 7) is 3.50. The highest BCUT2D eigenvalue weighted by atomic mass is 32.2. The van der Waals surface area contributed by atoms with Crippen molar-refractivity contribution in [2.45, 2.75) is 26.3 Å². The number of amides is 2. The smallest absolute Gasteiger partial charge is 0.326 e. The summed E-state index contributed by atoms with van der Waals surface area (Å²) >= 11 is 0. The van der Waals surface area contributed by atoms with Crippen molar-refractivity contribution in [3.05, 3.63) is 0 Å². The Kier molecular flexibility index (Phi) is 6.67. The number of hydrogen-bond donors (Lipinski definition) is 3. The number of sulfone groups is 1. The number of urea groups is 1. The second-order valence-electron chi connectivity index (χ2n) is 4.23. The molecule has 106 valence electrons. The van der Waals surface area contributed by atoms with Crippen LogP contribution in [0.15, 0.2) is 0 Å². The van der Waals surface area contributed by atoms with E-state index < -0.39 is 27.9 Å². The van der Waals surface area contributed by atoms with Gasteiger partial charge in [-0.1, -0.05) is 20.3 Å². The van der Waals surface area contributed by atoms with E-state index in [-0.39, 0.29) is 18.2 Å². The first-order valence-electron chi connectivity index (χ1n) is 5.62. The largest absolute Gasteiger partial charge is 0.480 e. The molecule has 0 radical (unpaired) electrons. The normalized spacial score (nSPS) is 14.6. The van der Waals surface area contributed by atoms with Gasteiger partial charge in [0.25, 0.3) is 0 Å². The van der Waals surface area contributed by atoms with Crippen molar-refractivity contribution in [3.63, 3.8) is 0 Å². The third-order valence-corrected chi connectivity index (χ3v) is 3.47. The number of aliphatic carboxylic acids is 1. The molecule has 18 heavy (non-hydrogen) atoms. The Morgan fingerprint density at radius 3 is 2.28 bits per heavy atom.